The number of amides is 1. The van der Waals surface area contributed by atoms with Gasteiger partial charge < -0.3 is 4.90 Å². The lowest BCUT2D eigenvalue weighted by atomic mass is 10.3. The second-order valence-electron chi connectivity index (χ2n) is 6.73. The number of carbonyl (C=O) groups excluding carboxylic acids is 1. The van der Waals surface area contributed by atoms with Crippen LogP contribution in [0, 0.1) is 5.82 Å². The minimum absolute atomic E-state index is 0.0607. The molecule has 0 saturated carbocycles. The second kappa shape index (κ2) is 10.4. The fraction of sp³-hybridized carbons (Fsp3) is 0.333. The monoisotopic (exact) mass is 449 g/mol. The molecular weight excluding hydrogens is 425 g/mol. The lowest BCUT2D eigenvalue weighted by Gasteiger charge is -2.22. The summed E-state index contributed by atoms with van der Waals surface area (Å²) in [4.78, 5) is 23.7. The van der Waals surface area contributed by atoms with Crippen molar-refractivity contribution in [1.82, 2.24) is 9.88 Å². The van der Waals surface area contributed by atoms with E-state index in [0.717, 1.165) is 26.8 Å². The van der Waals surface area contributed by atoms with E-state index in [1.165, 1.54) is 17.0 Å². The number of anilines is 1. The van der Waals surface area contributed by atoms with E-state index in [4.69, 9.17) is 4.98 Å². The average molecular weight is 450 g/mol. The second-order valence-corrected chi connectivity index (χ2v) is 9.79. The van der Waals surface area contributed by atoms with Crippen LogP contribution in [0.2, 0.25) is 0 Å². The van der Waals surface area contributed by atoms with E-state index in [1.54, 1.807) is 51.9 Å². The molecule has 29 heavy (non-hydrogen) atoms. The number of aromatic nitrogens is 1. The first-order valence-electron chi connectivity index (χ1n) is 9.24. The van der Waals surface area contributed by atoms with Crippen molar-refractivity contribution in [2.45, 2.75) is 16.2 Å². The standard InChI is InChI=1S/C21H24FN3OS3/c1-24(2)11-12-25(20(26)10-13-28-16-6-4-15(22)5-7-16)21-23-18-9-8-17(27-3)14-19(18)29-21/h4-9,14H,10-13H2,1-3H3. The van der Waals surface area contributed by atoms with E-state index in [2.05, 4.69) is 23.3 Å². The number of hydrogen-bond acceptors (Lipinski definition) is 6. The first-order valence-corrected chi connectivity index (χ1v) is 12.3. The van der Waals surface area contributed by atoms with E-state index in [0.29, 0.717) is 18.7 Å². The van der Waals surface area contributed by atoms with Gasteiger partial charge in [-0.3, -0.25) is 9.69 Å². The first-order chi connectivity index (χ1) is 14.0. The minimum atomic E-state index is -0.249. The molecule has 0 aliphatic rings. The first kappa shape index (κ1) is 22.1. The maximum Gasteiger partial charge on any atom is 0.229 e. The molecule has 8 heteroatoms. The number of thioether (sulfide) groups is 2. The summed E-state index contributed by atoms with van der Waals surface area (Å²) in [5.41, 5.74) is 0.922. The van der Waals surface area contributed by atoms with Gasteiger partial charge in [-0.15, -0.1) is 23.5 Å². The number of carbonyl (C=O) groups is 1. The van der Waals surface area contributed by atoms with Crippen LogP contribution in [0.1, 0.15) is 6.42 Å². The van der Waals surface area contributed by atoms with Gasteiger partial charge in [0, 0.05) is 35.1 Å². The highest BCUT2D eigenvalue weighted by atomic mass is 32.2. The normalized spacial score (nSPS) is 11.3. The SMILES string of the molecule is CSc1ccc2nc(N(CCN(C)C)C(=O)CCSc3ccc(F)cc3)sc2c1. The average Bonchev–Trinajstić information content (AvgIpc) is 3.12. The van der Waals surface area contributed by atoms with Gasteiger partial charge in [-0.25, -0.2) is 9.37 Å². The molecule has 0 radical (unpaired) electrons. The van der Waals surface area contributed by atoms with Crippen molar-refractivity contribution in [2.24, 2.45) is 0 Å². The van der Waals surface area contributed by atoms with Crippen molar-refractivity contribution in [3.63, 3.8) is 0 Å². The lowest BCUT2D eigenvalue weighted by Crippen LogP contribution is -2.36. The van der Waals surface area contributed by atoms with Gasteiger partial charge in [-0.1, -0.05) is 11.3 Å². The molecule has 0 spiro atoms. The number of hydrogen-bond donors (Lipinski definition) is 0. The van der Waals surface area contributed by atoms with Crippen LogP contribution in [0.15, 0.2) is 52.3 Å². The Kier molecular flexibility index (Phi) is 7.94. The predicted octanol–water partition coefficient (Wildman–Crippen LogP) is 5.23. The number of thiazole rings is 1. The van der Waals surface area contributed by atoms with Gasteiger partial charge in [0.05, 0.1) is 10.2 Å². The number of fused-ring (bicyclic) bond motifs is 1. The maximum absolute atomic E-state index is 13.0. The van der Waals surface area contributed by atoms with Crippen molar-refractivity contribution in [2.75, 3.05) is 44.1 Å². The summed E-state index contributed by atoms with van der Waals surface area (Å²) >= 11 is 4.82. The molecular formula is C21H24FN3OS3. The zero-order chi connectivity index (χ0) is 20.8. The van der Waals surface area contributed by atoms with Gasteiger partial charge in [-0.05, 0) is 62.8 Å². The van der Waals surface area contributed by atoms with Crippen molar-refractivity contribution >= 4 is 56.1 Å². The highest BCUT2D eigenvalue weighted by Gasteiger charge is 2.20. The van der Waals surface area contributed by atoms with Crippen molar-refractivity contribution in [1.29, 1.82) is 0 Å². The lowest BCUT2D eigenvalue weighted by molar-refractivity contribution is -0.118. The molecule has 0 fully saturated rings. The van der Waals surface area contributed by atoms with E-state index < -0.39 is 0 Å². The quantitative estimate of drug-likeness (QED) is 0.418. The van der Waals surface area contributed by atoms with Crippen LogP contribution in [0.25, 0.3) is 10.2 Å². The topological polar surface area (TPSA) is 36.4 Å². The third-order valence-electron chi connectivity index (χ3n) is 4.29. The van der Waals surface area contributed by atoms with Crippen molar-refractivity contribution in [3.8, 4) is 0 Å². The van der Waals surface area contributed by atoms with E-state index in [1.807, 2.05) is 20.2 Å². The van der Waals surface area contributed by atoms with Gasteiger partial charge in [0.2, 0.25) is 5.91 Å². The molecule has 3 aromatic rings. The molecule has 4 nitrogen and oxygen atoms in total. The molecule has 0 atom stereocenters. The Balaban J connectivity index is 1.71. The Morgan fingerprint density at radius 2 is 1.83 bits per heavy atom. The number of nitrogens with zero attached hydrogens (tertiary/aromatic N) is 3. The van der Waals surface area contributed by atoms with Gasteiger partial charge >= 0.3 is 0 Å². The molecule has 0 unspecified atom stereocenters. The molecule has 1 amide bonds. The van der Waals surface area contributed by atoms with Gasteiger partial charge in [0.15, 0.2) is 5.13 Å². The number of halogens is 1. The summed E-state index contributed by atoms with van der Waals surface area (Å²) in [7, 11) is 3.99. The minimum Gasteiger partial charge on any atom is -0.308 e. The Morgan fingerprint density at radius 3 is 2.52 bits per heavy atom. The summed E-state index contributed by atoms with van der Waals surface area (Å²) in [6.07, 6.45) is 2.45. The highest BCUT2D eigenvalue weighted by molar-refractivity contribution is 7.99. The van der Waals surface area contributed by atoms with Gasteiger partial charge in [0.25, 0.3) is 0 Å². The number of benzene rings is 2. The van der Waals surface area contributed by atoms with E-state index >= 15 is 0 Å². The zero-order valence-electron chi connectivity index (χ0n) is 16.7. The van der Waals surface area contributed by atoms with Crippen LogP contribution >= 0.6 is 34.9 Å². The van der Waals surface area contributed by atoms with Crippen molar-refractivity contribution < 1.29 is 9.18 Å². The fourth-order valence-electron chi connectivity index (χ4n) is 2.68. The molecule has 0 bridgehead atoms. The Morgan fingerprint density at radius 1 is 1.10 bits per heavy atom. The van der Waals surface area contributed by atoms with Gasteiger partial charge in [0.1, 0.15) is 5.82 Å². The smallest absolute Gasteiger partial charge is 0.229 e. The molecule has 3 rings (SSSR count). The third-order valence-corrected chi connectivity index (χ3v) is 7.07. The summed E-state index contributed by atoms with van der Waals surface area (Å²) in [6.45, 7) is 1.37. The van der Waals surface area contributed by atoms with Crippen LogP contribution in [-0.4, -0.2) is 55.0 Å². The summed E-state index contributed by atoms with van der Waals surface area (Å²) in [5, 5.41) is 0.747. The Bertz CT molecular complexity index is 959. The third kappa shape index (κ3) is 6.18. The summed E-state index contributed by atoms with van der Waals surface area (Å²) in [5.74, 6) is 0.455. The largest absolute Gasteiger partial charge is 0.308 e. The maximum atomic E-state index is 13.0. The summed E-state index contributed by atoms with van der Waals surface area (Å²) in [6, 6.07) is 12.6. The van der Waals surface area contributed by atoms with Crippen LogP contribution in [-0.2, 0) is 4.79 Å². The molecule has 0 aliphatic carbocycles. The summed E-state index contributed by atoms with van der Waals surface area (Å²) < 4.78 is 14.1. The molecule has 1 aromatic heterocycles. The highest BCUT2D eigenvalue weighted by Crippen LogP contribution is 2.32. The molecule has 0 N–H and O–H groups in total. The molecule has 0 saturated heterocycles. The number of likely N-dealkylation sites (N-methyl/N-ethyl adjacent to an activating group) is 1. The van der Waals surface area contributed by atoms with Crippen LogP contribution in [0.4, 0.5) is 9.52 Å². The van der Waals surface area contributed by atoms with E-state index in [-0.39, 0.29) is 11.7 Å². The molecule has 1 heterocycles. The van der Waals surface area contributed by atoms with Crippen LogP contribution in [0.3, 0.4) is 0 Å². The Labute approximate surface area is 183 Å². The fourth-order valence-corrected chi connectivity index (χ4v) is 5.09. The molecule has 2 aromatic carbocycles. The Hall–Kier alpha value is -1.61. The zero-order valence-corrected chi connectivity index (χ0v) is 19.2. The van der Waals surface area contributed by atoms with Crippen LogP contribution in [0.5, 0.6) is 0 Å². The number of rotatable bonds is 9. The molecule has 0 aliphatic heterocycles. The van der Waals surface area contributed by atoms with E-state index in [9.17, 15) is 9.18 Å². The van der Waals surface area contributed by atoms with Crippen LogP contribution < -0.4 is 4.90 Å². The predicted molar refractivity (Wildman–Crippen MR) is 124 cm³/mol. The van der Waals surface area contributed by atoms with Crippen molar-refractivity contribution in [3.05, 3.63) is 48.3 Å². The molecule has 154 valence electrons. The van der Waals surface area contributed by atoms with Gasteiger partial charge in [-0.2, -0.15) is 0 Å².